The highest BCUT2D eigenvalue weighted by molar-refractivity contribution is 6.38. The van der Waals surface area contributed by atoms with Crippen LogP contribution in [0, 0.1) is 12.8 Å². The number of hydrogen-bond acceptors (Lipinski definition) is 1. The van der Waals surface area contributed by atoms with Crippen LogP contribution in [0.2, 0.25) is 0 Å². The Morgan fingerprint density at radius 1 is 1.20 bits per heavy atom. The molecule has 0 aromatic heterocycles. The number of unbranched alkanes of at least 4 members (excludes halogenated alkanes) is 3. The molecule has 0 heterocycles. The van der Waals surface area contributed by atoms with Crippen molar-refractivity contribution in [3.05, 3.63) is 35.4 Å². The molecule has 0 aliphatic rings. The lowest BCUT2D eigenvalue weighted by molar-refractivity contribution is 0.359. The molecule has 0 aliphatic carbocycles. The van der Waals surface area contributed by atoms with E-state index in [0.717, 1.165) is 0 Å². The third-order valence-electron chi connectivity index (χ3n) is 4.27. The molecule has 1 unspecified atom stereocenters. The van der Waals surface area contributed by atoms with Crippen LogP contribution in [0.1, 0.15) is 64.0 Å². The molecule has 0 amide bonds. The van der Waals surface area contributed by atoms with Crippen LogP contribution in [0.4, 0.5) is 0 Å². The van der Waals surface area contributed by atoms with Crippen molar-refractivity contribution in [3.8, 4) is 0 Å². The summed E-state index contributed by atoms with van der Waals surface area (Å²) in [5.74, 6) is 0.569. The van der Waals surface area contributed by atoms with Crippen LogP contribution < -0.4 is 0 Å². The Labute approximate surface area is 131 Å². The smallest absolute Gasteiger partial charge is 0.229 e. The molecule has 0 fully saturated rings. The molecule has 1 aromatic carbocycles. The Balaban J connectivity index is 3.02. The molecular weight excluding hydrogens is 276 g/mol. The minimum absolute atomic E-state index is 0.140. The fourth-order valence-corrected chi connectivity index (χ4v) is 4.59. The van der Waals surface area contributed by atoms with Crippen LogP contribution in [0.15, 0.2) is 24.3 Å². The van der Waals surface area contributed by atoms with E-state index in [1.54, 1.807) is 0 Å². The van der Waals surface area contributed by atoms with Crippen molar-refractivity contribution in [1.29, 1.82) is 0 Å². The largest absolute Gasteiger partial charge is 0.457 e. The Morgan fingerprint density at radius 3 is 2.45 bits per heavy atom. The van der Waals surface area contributed by atoms with E-state index in [1.165, 1.54) is 43.2 Å². The van der Waals surface area contributed by atoms with Gasteiger partial charge in [0.25, 0.3) is 0 Å². The van der Waals surface area contributed by atoms with Gasteiger partial charge >= 0.3 is 0 Å². The summed E-state index contributed by atoms with van der Waals surface area (Å²) in [6.07, 6.45) is 6.43. The van der Waals surface area contributed by atoms with Gasteiger partial charge in [-0.3, -0.25) is 0 Å². The first-order valence-electron chi connectivity index (χ1n) is 7.74. The summed E-state index contributed by atoms with van der Waals surface area (Å²) in [5.41, 5.74) is 2.84. The van der Waals surface area contributed by atoms with E-state index >= 15 is 0 Å². The van der Waals surface area contributed by atoms with Crippen molar-refractivity contribution in [1.82, 2.24) is 0 Å². The van der Waals surface area contributed by atoms with Crippen molar-refractivity contribution in [2.24, 2.45) is 5.92 Å². The predicted octanol–water partition coefficient (Wildman–Crippen LogP) is 4.54. The first-order chi connectivity index (χ1) is 9.58. The molecule has 0 saturated heterocycles. The molecule has 0 bridgehead atoms. The average molecular weight is 304 g/mol. The topological polar surface area (TPSA) is 9.23 Å². The summed E-state index contributed by atoms with van der Waals surface area (Å²) >= 11 is 0. The molecule has 0 N–H and O–H groups in total. The molecule has 20 heavy (non-hydrogen) atoms. The monoisotopic (exact) mass is 303 g/mol. The summed E-state index contributed by atoms with van der Waals surface area (Å²) < 4.78 is 5.47. The second-order valence-corrected chi connectivity index (χ2v) is 7.87. The van der Waals surface area contributed by atoms with E-state index in [2.05, 4.69) is 62.4 Å². The van der Waals surface area contributed by atoms with Gasteiger partial charge in [-0.15, -0.1) is 0 Å². The molecule has 5 radical (unpaired) electrons. The summed E-state index contributed by atoms with van der Waals surface area (Å²) in [7, 11) is 3.72. The Morgan fingerprint density at radius 2 is 1.90 bits per heavy atom. The fraction of sp³-hybridized carbons (Fsp3) is 0.647. The molecular formula is C17H27OSi2. The Bertz CT molecular complexity index is 392. The maximum Gasteiger partial charge on any atom is 0.229 e. The van der Waals surface area contributed by atoms with Crippen molar-refractivity contribution in [3.63, 3.8) is 0 Å². The maximum absolute atomic E-state index is 5.47. The molecule has 0 aliphatic heterocycles. The lowest BCUT2D eigenvalue weighted by Crippen LogP contribution is -2.40. The number of rotatable bonds is 9. The molecule has 1 atom stereocenters. The molecule has 1 rings (SSSR count). The number of benzene rings is 1. The van der Waals surface area contributed by atoms with Gasteiger partial charge in [-0.25, -0.2) is 0 Å². The Hall–Kier alpha value is -0.386. The molecule has 109 valence electrons. The van der Waals surface area contributed by atoms with Crippen molar-refractivity contribution >= 4 is 20.2 Å². The molecule has 1 aromatic rings. The van der Waals surface area contributed by atoms with Gasteiger partial charge < -0.3 is 4.12 Å². The minimum Gasteiger partial charge on any atom is -0.457 e. The molecule has 0 saturated carbocycles. The van der Waals surface area contributed by atoms with Gasteiger partial charge in [-0.1, -0.05) is 70.7 Å². The summed E-state index contributed by atoms with van der Waals surface area (Å²) in [4.78, 5) is 0. The zero-order chi connectivity index (χ0) is 15.0. The van der Waals surface area contributed by atoms with Crippen LogP contribution in [-0.2, 0) is 9.15 Å². The van der Waals surface area contributed by atoms with Gasteiger partial charge in [0.15, 0.2) is 0 Å². The highest BCUT2D eigenvalue weighted by atomic mass is 28.3. The maximum atomic E-state index is 5.47. The SMILES string of the molecule is CCCCCCC([Si]O[Si])(c1ccccc1C)C(C)C. The Kier molecular flexibility index (Phi) is 7.77. The van der Waals surface area contributed by atoms with Crippen LogP contribution in [0.25, 0.3) is 0 Å². The zero-order valence-corrected chi connectivity index (χ0v) is 15.3. The first kappa shape index (κ1) is 17.7. The van der Waals surface area contributed by atoms with E-state index in [0.29, 0.717) is 15.7 Å². The highest BCUT2D eigenvalue weighted by Crippen LogP contribution is 2.38. The molecule has 3 heteroatoms. The van der Waals surface area contributed by atoms with E-state index in [-0.39, 0.29) is 5.04 Å². The second-order valence-electron chi connectivity index (χ2n) is 5.96. The summed E-state index contributed by atoms with van der Waals surface area (Å²) in [6.45, 7) is 9.13. The van der Waals surface area contributed by atoms with Gasteiger partial charge in [0, 0.05) is 5.04 Å². The average Bonchev–Trinajstić information content (AvgIpc) is 2.43. The van der Waals surface area contributed by atoms with E-state index in [4.69, 9.17) is 4.12 Å². The van der Waals surface area contributed by atoms with Gasteiger partial charge in [0.2, 0.25) is 20.2 Å². The lowest BCUT2D eigenvalue weighted by Gasteiger charge is -2.38. The summed E-state index contributed by atoms with van der Waals surface area (Å²) in [6, 6.07) is 8.78. The number of aryl methyl sites for hydroxylation is 1. The fourth-order valence-electron chi connectivity index (χ4n) is 2.95. The van der Waals surface area contributed by atoms with Gasteiger partial charge in [0.1, 0.15) is 0 Å². The van der Waals surface area contributed by atoms with E-state index < -0.39 is 0 Å². The van der Waals surface area contributed by atoms with E-state index in [9.17, 15) is 0 Å². The van der Waals surface area contributed by atoms with E-state index in [1.807, 2.05) is 0 Å². The van der Waals surface area contributed by atoms with Gasteiger partial charge in [0.05, 0.1) is 0 Å². The molecule has 0 spiro atoms. The van der Waals surface area contributed by atoms with Crippen LogP contribution in [-0.4, -0.2) is 20.2 Å². The van der Waals surface area contributed by atoms with Crippen LogP contribution in [0.3, 0.4) is 0 Å². The lowest BCUT2D eigenvalue weighted by atomic mass is 9.81. The van der Waals surface area contributed by atoms with Crippen molar-refractivity contribution < 1.29 is 4.12 Å². The predicted molar refractivity (Wildman–Crippen MR) is 89.0 cm³/mol. The molecule has 1 nitrogen and oxygen atoms in total. The normalized spacial score (nSPS) is 14.5. The summed E-state index contributed by atoms with van der Waals surface area (Å²) in [5, 5.41) is 0.140. The minimum atomic E-state index is 0.140. The van der Waals surface area contributed by atoms with Crippen molar-refractivity contribution in [2.45, 2.75) is 64.8 Å². The highest BCUT2D eigenvalue weighted by Gasteiger charge is 2.37. The standard InChI is InChI=1S/C17H27OSi2/c1-5-6-7-10-13-17(14(2)3,20-18-19)16-12-9-8-11-15(16)4/h8-9,11-12,14H,5-7,10,13H2,1-4H3. The number of hydrogen-bond donors (Lipinski definition) is 0. The third kappa shape index (κ3) is 4.30. The van der Waals surface area contributed by atoms with Crippen LogP contribution >= 0.6 is 0 Å². The third-order valence-corrected chi connectivity index (χ3v) is 6.14. The van der Waals surface area contributed by atoms with Crippen LogP contribution in [0.5, 0.6) is 0 Å². The zero-order valence-electron chi connectivity index (χ0n) is 13.3. The van der Waals surface area contributed by atoms with Crippen molar-refractivity contribution in [2.75, 3.05) is 0 Å². The van der Waals surface area contributed by atoms with Gasteiger partial charge in [-0.05, 0) is 30.4 Å². The quantitative estimate of drug-likeness (QED) is 0.481. The first-order valence-corrected chi connectivity index (χ1v) is 9.06. The second kappa shape index (κ2) is 8.80. The van der Waals surface area contributed by atoms with Gasteiger partial charge in [-0.2, -0.15) is 0 Å².